The van der Waals surface area contributed by atoms with Crippen molar-refractivity contribution in [2.75, 3.05) is 32.1 Å². The molecule has 0 bridgehead atoms. The molecule has 0 aliphatic carbocycles. The van der Waals surface area contributed by atoms with Gasteiger partial charge >= 0.3 is 0 Å². The molecule has 19 heavy (non-hydrogen) atoms. The van der Waals surface area contributed by atoms with E-state index in [-0.39, 0.29) is 0 Å². The Kier molecular flexibility index (Phi) is 3.57. The Labute approximate surface area is 117 Å². The molecular formula is C14H19N3OS. The van der Waals surface area contributed by atoms with Crippen molar-refractivity contribution >= 4 is 26.7 Å². The minimum Gasteiger partial charge on any atom is -0.494 e. The first-order valence-corrected chi connectivity index (χ1v) is 7.54. The zero-order chi connectivity index (χ0) is 13.2. The first kappa shape index (κ1) is 12.7. The maximum Gasteiger partial charge on any atom is 0.184 e. The van der Waals surface area contributed by atoms with Crippen molar-refractivity contribution in [3.8, 4) is 5.75 Å². The monoisotopic (exact) mass is 277 g/mol. The summed E-state index contributed by atoms with van der Waals surface area (Å²) in [4.78, 5) is 6.98. The summed E-state index contributed by atoms with van der Waals surface area (Å²) in [5.41, 5.74) is 1.04. The number of rotatable bonds is 4. The van der Waals surface area contributed by atoms with E-state index in [4.69, 9.17) is 4.74 Å². The van der Waals surface area contributed by atoms with E-state index in [1.165, 1.54) is 11.1 Å². The van der Waals surface area contributed by atoms with Crippen LogP contribution in [0.25, 0.3) is 10.2 Å². The second kappa shape index (κ2) is 5.35. The van der Waals surface area contributed by atoms with Crippen LogP contribution in [-0.2, 0) is 0 Å². The van der Waals surface area contributed by atoms with E-state index in [9.17, 15) is 0 Å². The van der Waals surface area contributed by atoms with Crippen molar-refractivity contribution in [3.63, 3.8) is 0 Å². The molecule has 0 amide bonds. The number of likely N-dealkylation sites (tertiary alicyclic amines) is 1. The van der Waals surface area contributed by atoms with Crippen LogP contribution in [0.1, 0.15) is 13.3 Å². The van der Waals surface area contributed by atoms with Gasteiger partial charge in [0, 0.05) is 12.6 Å². The normalized spacial score (nSPS) is 20.0. The highest BCUT2D eigenvalue weighted by Gasteiger charge is 2.20. The van der Waals surface area contributed by atoms with E-state index in [0.29, 0.717) is 12.6 Å². The molecule has 5 heteroatoms. The lowest BCUT2D eigenvalue weighted by Gasteiger charge is -2.10. The van der Waals surface area contributed by atoms with Crippen molar-refractivity contribution in [1.29, 1.82) is 0 Å². The van der Waals surface area contributed by atoms with E-state index in [0.717, 1.165) is 29.5 Å². The second-order valence-corrected chi connectivity index (χ2v) is 6.00. The zero-order valence-electron chi connectivity index (χ0n) is 11.3. The molecule has 0 saturated carbocycles. The Morgan fingerprint density at radius 2 is 2.42 bits per heavy atom. The lowest BCUT2D eigenvalue weighted by atomic mass is 10.3. The predicted molar refractivity (Wildman–Crippen MR) is 80.3 cm³/mol. The first-order chi connectivity index (χ1) is 9.24. The van der Waals surface area contributed by atoms with E-state index >= 15 is 0 Å². The number of aromatic nitrogens is 1. The van der Waals surface area contributed by atoms with Crippen LogP contribution in [-0.4, -0.2) is 42.7 Å². The van der Waals surface area contributed by atoms with Gasteiger partial charge in [-0.15, -0.1) is 0 Å². The third kappa shape index (κ3) is 2.82. The van der Waals surface area contributed by atoms with E-state index in [1.807, 2.05) is 19.1 Å². The average molecular weight is 277 g/mol. The highest BCUT2D eigenvalue weighted by molar-refractivity contribution is 7.22. The number of fused-ring (bicyclic) bond motifs is 1. The molecule has 1 aromatic carbocycles. The molecule has 1 N–H and O–H groups in total. The maximum absolute atomic E-state index is 5.52. The number of hydrogen-bond acceptors (Lipinski definition) is 5. The molecule has 1 saturated heterocycles. The maximum atomic E-state index is 5.52. The molecule has 0 radical (unpaired) electrons. The number of nitrogens with zero attached hydrogens (tertiary/aromatic N) is 2. The molecular weight excluding hydrogens is 258 g/mol. The van der Waals surface area contributed by atoms with Gasteiger partial charge in [-0.3, -0.25) is 0 Å². The molecule has 4 nitrogen and oxygen atoms in total. The molecule has 1 aliphatic rings. The Balaban J connectivity index is 1.77. The van der Waals surface area contributed by atoms with Gasteiger partial charge in [-0.1, -0.05) is 11.3 Å². The number of likely N-dealkylation sites (N-methyl/N-ethyl adjacent to an activating group) is 1. The number of thiazole rings is 1. The number of anilines is 1. The molecule has 3 rings (SSSR count). The fraction of sp³-hybridized carbons (Fsp3) is 0.500. The van der Waals surface area contributed by atoms with Crippen LogP contribution in [0, 0.1) is 0 Å². The minimum absolute atomic E-state index is 0.525. The average Bonchev–Trinajstić information content (AvgIpc) is 2.95. The molecule has 0 spiro atoms. The largest absolute Gasteiger partial charge is 0.494 e. The lowest BCUT2D eigenvalue weighted by Crippen LogP contribution is -2.23. The zero-order valence-corrected chi connectivity index (χ0v) is 12.2. The Hall–Kier alpha value is -1.33. The van der Waals surface area contributed by atoms with Gasteiger partial charge < -0.3 is 15.0 Å². The number of hydrogen-bond donors (Lipinski definition) is 1. The molecule has 1 aliphatic heterocycles. The number of nitrogens with one attached hydrogen (secondary N) is 1. The number of benzene rings is 1. The summed E-state index contributed by atoms with van der Waals surface area (Å²) in [7, 11) is 2.16. The Bertz CT molecular complexity index is 569. The van der Waals surface area contributed by atoms with E-state index in [2.05, 4.69) is 28.3 Å². The molecule has 1 aromatic heterocycles. The summed E-state index contributed by atoms with van der Waals surface area (Å²) in [6, 6.07) is 6.61. The summed E-state index contributed by atoms with van der Waals surface area (Å²) in [6.07, 6.45) is 1.19. The van der Waals surface area contributed by atoms with Crippen LogP contribution < -0.4 is 10.1 Å². The van der Waals surface area contributed by atoms with Gasteiger partial charge in [-0.2, -0.15) is 0 Å². The van der Waals surface area contributed by atoms with E-state index < -0.39 is 0 Å². The summed E-state index contributed by atoms with van der Waals surface area (Å²) < 4.78 is 6.70. The molecule has 2 aromatic rings. The summed E-state index contributed by atoms with van der Waals surface area (Å²) in [5.74, 6) is 0.922. The van der Waals surface area contributed by atoms with Gasteiger partial charge in [-0.05, 0) is 45.1 Å². The fourth-order valence-electron chi connectivity index (χ4n) is 2.45. The van der Waals surface area contributed by atoms with Gasteiger partial charge in [0.25, 0.3) is 0 Å². The van der Waals surface area contributed by atoms with Crippen LogP contribution in [0.5, 0.6) is 5.75 Å². The molecule has 1 unspecified atom stereocenters. The SMILES string of the molecule is CCOc1ccc2nc(NC3CCN(C)C3)sc2c1. The Morgan fingerprint density at radius 1 is 1.53 bits per heavy atom. The quantitative estimate of drug-likeness (QED) is 0.932. The van der Waals surface area contributed by atoms with Gasteiger partial charge in [0.2, 0.25) is 0 Å². The van der Waals surface area contributed by atoms with Gasteiger partial charge in [0.15, 0.2) is 5.13 Å². The minimum atomic E-state index is 0.525. The first-order valence-electron chi connectivity index (χ1n) is 6.73. The molecule has 1 atom stereocenters. The van der Waals surface area contributed by atoms with Gasteiger partial charge in [0.1, 0.15) is 5.75 Å². The second-order valence-electron chi connectivity index (χ2n) is 4.97. The highest BCUT2D eigenvalue weighted by Crippen LogP contribution is 2.30. The van der Waals surface area contributed by atoms with Crippen molar-refractivity contribution in [3.05, 3.63) is 18.2 Å². The standard InChI is InChI=1S/C14H19N3OS/c1-3-18-11-4-5-12-13(8-11)19-14(16-12)15-10-6-7-17(2)9-10/h4-5,8,10H,3,6-7,9H2,1-2H3,(H,15,16). The third-order valence-electron chi connectivity index (χ3n) is 3.39. The number of ether oxygens (including phenoxy) is 1. The van der Waals surface area contributed by atoms with Gasteiger partial charge in [0.05, 0.1) is 16.8 Å². The van der Waals surface area contributed by atoms with Crippen LogP contribution in [0.15, 0.2) is 18.2 Å². The van der Waals surface area contributed by atoms with Crippen LogP contribution in [0.4, 0.5) is 5.13 Å². The summed E-state index contributed by atoms with van der Waals surface area (Å²) in [5, 5.41) is 4.55. The summed E-state index contributed by atoms with van der Waals surface area (Å²) in [6.45, 7) is 4.96. The molecule has 102 valence electrons. The van der Waals surface area contributed by atoms with Crippen LogP contribution in [0.2, 0.25) is 0 Å². The van der Waals surface area contributed by atoms with E-state index in [1.54, 1.807) is 11.3 Å². The molecule has 2 heterocycles. The highest BCUT2D eigenvalue weighted by atomic mass is 32.1. The lowest BCUT2D eigenvalue weighted by molar-refractivity contribution is 0.341. The topological polar surface area (TPSA) is 37.4 Å². The van der Waals surface area contributed by atoms with Crippen molar-refractivity contribution in [2.24, 2.45) is 0 Å². The third-order valence-corrected chi connectivity index (χ3v) is 4.34. The van der Waals surface area contributed by atoms with Gasteiger partial charge in [-0.25, -0.2) is 4.98 Å². The predicted octanol–water partition coefficient (Wildman–Crippen LogP) is 2.81. The fourth-order valence-corrected chi connectivity index (χ4v) is 3.42. The van der Waals surface area contributed by atoms with Crippen molar-refractivity contribution < 1.29 is 4.74 Å². The van der Waals surface area contributed by atoms with Crippen LogP contribution in [0.3, 0.4) is 0 Å². The Morgan fingerprint density at radius 3 is 3.16 bits per heavy atom. The van der Waals surface area contributed by atoms with Crippen molar-refractivity contribution in [2.45, 2.75) is 19.4 Å². The van der Waals surface area contributed by atoms with Crippen LogP contribution >= 0.6 is 11.3 Å². The van der Waals surface area contributed by atoms with Crippen molar-refractivity contribution in [1.82, 2.24) is 9.88 Å². The summed E-state index contributed by atoms with van der Waals surface area (Å²) >= 11 is 1.70. The smallest absolute Gasteiger partial charge is 0.184 e. The molecule has 1 fully saturated rings.